The number of nitrogens with zero attached hydrogens (tertiary/aromatic N) is 2. The SMILES string of the molecule is CC(C)CC[C@@H](C)NC(=O)Cn1cnc2ccccc2c1=O. The second-order valence-electron chi connectivity index (χ2n) is 6.13. The monoisotopic (exact) mass is 301 g/mol. The van der Waals surface area contributed by atoms with Crippen LogP contribution in [0.25, 0.3) is 10.9 Å². The van der Waals surface area contributed by atoms with E-state index in [2.05, 4.69) is 24.1 Å². The molecule has 0 radical (unpaired) electrons. The Bertz CT molecular complexity index is 706. The number of nitrogens with one attached hydrogen (secondary N) is 1. The molecule has 1 atom stereocenters. The second-order valence-corrected chi connectivity index (χ2v) is 6.13. The summed E-state index contributed by atoms with van der Waals surface area (Å²) in [6.45, 7) is 6.31. The molecule has 2 rings (SSSR count). The maximum atomic E-state index is 12.3. The van der Waals surface area contributed by atoms with Gasteiger partial charge in [0.25, 0.3) is 5.56 Å². The summed E-state index contributed by atoms with van der Waals surface area (Å²) in [6.07, 6.45) is 3.44. The molecule has 0 aliphatic rings. The van der Waals surface area contributed by atoms with Crippen LogP contribution in [0, 0.1) is 5.92 Å². The average Bonchev–Trinajstić information content (AvgIpc) is 2.48. The van der Waals surface area contributed by atoms with Crippen molar-refractivity contribution in [3.05, 3.63) is 40.9 Å². The van der Waals surface area contributed by atoms with E-state index in [4.69, 9.17) is 0 Å². The molecule has 22 heavy (non-hydrogen) atoms. The van der Waals surface area contributed by atoms with Crippen molar-refractivity contribution in [2.24, 2.45) is 5.92 Å². The molecule has 118 valence electrons. The van der Waals surface area contributed by atoms with Crippen LogP contribution >= 0.6 is 0 Å². The maximum absolute atomic E-state index is 12.3. The largest absolute Gasteiger partial charge is 0.352 e. The molecule has 1 heterocycles. The molecule has 0 unspecified atom stereocenters. The van der Waals surface area contributed by atoms with Gasteiger partial charge < -0.3 is 5.32 Å². The zero-order valence-corrected chi connectivity index (χ0v) is 13.4. The Morgan fingerprint density at radius 1 is 1.23 bits per heavy atom. The van der Waals surface area contributed by atoms with Crippen molar-refractivity contribution >= 4 is 16.8 Å². The quantitative estimate of drug-likeness (QED) is 0.890. The Balaban J connectivity index is 2.03. The van der Waals surface area contributed by atoms with Crippen LogP contribution in [0.3, 0.4) is 0 Å². The van der Waals surface area contributed by atoms with Gasteiger partial charge in [0.15, 0.2) is 0 Å². The molecule has 0 bridgehead atoms. The van der Waals surface area contributed by atoms with E-state index in [0.717, 1.165) is 12.8 Å². The van der Waals surface area contributed by atoms with Crippen molar-refractivity contribution in [3.63, 3.8) is 0 Å². The summed E-state index contributed by atoms with van der Waals surface area (Å²) >= 11 is 0. The van der Waals surface area contributed by atoms with Gasteiger partial charge in [-0.1, -0.05) is 26.0 Å². The van der Waals surface area contributed by atoms with Crippen LogP contribution in [-0.2, 0) is 11.3 Å². The van der Waals surface area contributed by atoms with Crippen LogP contribution in [0.4, 0.5) is 0 Å². The number of fused-ring (bicyclic) bond motifs is 1. The Kier molecular flexibility index (Phi) is 5.31. The number of hydrogen-bond donors (Lipinski definition) is 1. The minimum absolute atomic E-state index is 0.00266. The lowest BCUT2D eigenvalue weighted by Crippen LogP contribution is -2.37. The minimum atomic E-state index is -0.185. The fraction of sp³-hybridized carbons (Fsp3) is 0.471. The van der Waals surface area contributed by atoms with Crippen molar-refractivity contribution in [2.45, 2.75) is 46.2 Å². The molecule has 5 nitrogen and oxygen atoms in total. The molecule has 0 spiro atoms. The molecule has 5 heteroatoms. The fourth-order valence-corrected chi connectivity index (χ4v) is 2.35. The van der Waals surface area contributed by atoms with E-state index in [1.54, 1.807) is 18.2 Å². The molecule has 1 aromatic heterocycles. The summed E-state index contributed by atoms with van der Waals surface area (Å²) in [5.41, 5.74) is 0.463. The fourth-order valence-electron chi connectivity index (χ4n) is 2.35. The van der Waals surface area contributed by atoms with Gasteiger partial charge >= 0.3 is 0 Å². The van der Waals surface area contributed by atoms with E-state index in [1.165, 1.54) is 10.9 Å². The summed E-state index contributed by atoms with van der Waals surface area (Å²) in [6, 6.07) is 7.25. The normalized spacial score (nSPS) is 12.5. The van der Waals surface area contributed by atoms with Crippen LogP contribution in [0.2, 0.25) is 0 Å². The first-order chi connectivity index (χ1) is 10.5. The number of carbonyl (C=O) groups is 1. The lowest BCUT2D eigenvalue weighted by molar-refractivity contribution is -0.122. The lowest BCUT2D eigenvalue weighted by Gasteiger charge is -2.15. The van der Waals surface area contributed by atoms with Gasteiger partial charge in [0.2, 0.25) is 5.91 Å². The van der Waals surface area contributed by atoms with Gasteiger partial charge in [-0.25, -0.2) is 4.98 Å². The van der Waals surface area contributed by atoms with Crippen molar-refractivity contribution in [1.82, 2.24) is 14.9 Å². The molecule has 0 aliphatic carbocycles. The van der Waals surface area contributed by atoms with Gasteiger partial charge in [-0.05, 0) is 37.8 Å². The highest BCUT2D eigenvalue weighted by atomic mass is 16.2. The number of hydrogen-bond acceptors (Lipinski definition) is 3. The molecule has 0 saturated heterocycles. The molecule has 2 aromatic rings. The molecular weight excluding hydrogens is 278 g/mol. The Hall–Kier alpha value is -2.17. The zero-order chi connectivity index (χ0) is 16.1. The predicted molar refractivity (Wildman–Crippen MR) is 87.7 cm³/mol. The van der Waals surface area contributed by atoms with Crippen molar-refractivity contribution < 1.29 is 4.79 Å². The van der Waals surface area contributed by atoms with E-state index in [9.17, 15) is 9.59 Å². The highest BCUT2D eigenvalue weighted by Gasteiger charge is 2.11. The van der Waals surface area contributed by atoms with Gasteiger partial charge in [0.1, 0.15) is 6.54 Å². The summed E-state index contributed by atoms with van der Waals surface area (Å²) < 4.78 is 1.35. The smallest absolute Gasteiger partial charge is 0.261 e. The number of benzene rings is 1. The van der Waals surface area contributed by atoms with Gasteiger partial charge in [0.05, 0.1) is 17.2 Å². The maximum Gasteiger partial charge on any atom is 0.261 e. The average molecular weight is 301 g/mol. The van der Waals surface area contributed by atoms with Gasteiger partial charge in [0, 0.05) is 6.04 Å². The number of amides is 1. The standard InChI is InChI=1S/C17H23N3O2/c1-12(2)8-9-13(3)19-16(21)10-20-11-18-15-7-5-4-6-14(15)17(20)22/h4-7,11-13H,8-10H2,1-3H3,(H,19,21)/t13-/m1/s1. The van der Waals surface area contributed by atoms with Crippen LogP contribution in [0.15, 0.2) is 35.4 Å². The Morgan fingerprint density at radius 2 is 1.95 bits per heavy atom. The van der Waals surface area contributed by atoms with Crippen LogP contribution in [0.5, 0.6) is 0 Å². The number of aromatic nitrogens is 2. The molecule has 1 amide bonds. The predicted octanol–water partition coefficient (Wildman–Crippen LogP) is 2.34. The van der Waals surface area contributed by atoms with Crippen LogP contribution in [0.1, 0.15) is 33.6 Å². The number of carbonyl (C=O) groups excluding carboxylic acids is 1. The first kappa shape index (κ1) is 16.2. The summed E-state index contributed by atoms with van der Waals surface area (Å²) in [5, 5.41) is 3.47. The summed E-state index contributed by atoms with van der Waals surface area (Å²) in [7, 11) is 0. The highest BCUT2D eigenvalue weighted by Crippen LogP contribution is 2.07. The van der Waals surface area contributed by atoms with E-state index >= 15 is 0 Å². The molecule has 0 aliphatic heterocycles. The van der Waals surface area contributed by atoms with Gasteiger partial charge in [-0.15, -0.1) is 0 Å². The molecular formula is C17H23N3O2. The number of para-hydroxylation sites is 1. The van der Waals surface area contributed by atoms with Crippen LogP contribution < -0.4 is 10.9 Å². The first-order valence-electron chi connectivity index (χ1n) is 7.71. The van der Waals surface area contributed by atoms with Crippen molar-refractivity contribution in [2.75, 3.05) is 0 Å². The first-order valence-corrected chi connectivity index (χ1v) is 7.71. The molecule has 1 aromatic carbocycles. The van der Waals surface area contributed by atoms with Gasteiger partial charge in [-0.2, -0.15) is 0 Å². The Labute approximate surface area is 130 Å². The summed E-state index contributed by atoms with van der Waals surface area (Å²) in [4.78, 5) is 28.6. The molecule has 0 saturated carbocycles. The lowest BCUT2D eigenvalue weighted by atomic mass is 10.0. The van der Waals surface area contributed by atoms with E-state index in [1.807, 2.05) is 13.0 Å². The third kappa shape index (κ3) is 4.16. The van der Waals surface area contributed by atoms with E-state index in [0.29, 0.717) is 16.8 Å². The topological polar surface area (TPSA) is 64.0 Å². The van der Waals surface area contributed by atoms with Crippen LogP contribution in [-0.4, -0.2) is 21.5 Å². The third-order valence-electron chi connectivity index (χ3n) is 3.63. The van der Waals surface area contributed by atoms with E-state index in [-0.39, 0.29) is 24.1 Å². The highest BCUT2D eigenvalue weighted by molar-refractivity contribution is 5.78. The summed E-state index contributed by atoms with van der Waals surface area (Å²) in [5.74, 6) is 0.460. The molecule has 1 N–H and O–H groups in total. The van der Waals surface area contributed by atoms with E-state index < -0.39 is 0 Å². The second kappa shape index (κ2) is 7.20. The van der Waals surface area contributed by atoms with Crippen molar-refractivity contribution in [1.29, 1.82) is 0 Å². The number of rotatable bonds is 6. The van der Waals surface area contributed by atoms with Crippen molar-refractivity contribution in [3.8, 4) is 0 Å². The van der Waals surface area contributed by atoms with Gasteiger partial charge in [-0.3, -0.25) is 14.2 Å². The third-order valence-corrected chi connectivity index (χ3v) is 3.63. The molecule has 0 fully saturated rings. The Morgan fingerprint density at radius 3 is 2.68 bits per heavy atom. The zero-order valence-electron chi connectivity index (χ0n) is 13.4. The minimum Gasteiger partial charge on any atom is -0.352 e.